The van der Waals surface area contributed by atoms with E-state index in [0.29, 0.717) is 53.2 Å². The van der Waals surface area contributed by atoms with E-state index >= 15 is 0 Å². The van der Waals surface area contributed by atoms with Crippen LogP contribution in [0.1, 0.15) is 73.8 Å². The summed E-state index contributed by atoms with van der Waals surface area (Å²) in [6.45, 7) is 4.17. The lowest BCUT2D eigenvalue weighted by atomic mass is 9.54. The Morgan fingerprint density at radius 3 is 2.91 bits per heavy atom. The molecule has 1 unspecified atom stereocenters. The fourth-order valence-electron chi connectivity index (χ4n) is 7.19. The number of anilines is 1. The standard InChI is InChI=1S/C27H34N2O4S/c1-15-14-28-26(34-15)29-24(32)6-4-5-17-12-23(31)27(2)10-9-18-19(25(17)27)8-7-16-11-21(30)22(33-3)13-20(16)18/h11,13-14,17-19,25,30H,4-10,12H2,1-3H3,(H,28,29,32)/t17?,18-,19+,25-,27+/m0/s1. The summed E-state index contributed by atoms with van der Waals surface area (Å²) >= 11 is 1.49. The van der Waals surface area contributed by atoms with Gasteiger partial charge in [0.05, 0.1) is 7.11 Å². The third kappa shape index (κ3) is 4.02. The van der Waals surface area contributed by atoms with Crippen molar-refractivity contribution in [3.63, 3.8) is 0 Å². The first-order valence-corrected chi connectivity index (χ1v) is 13.3. The number of carbonyl (C=O) groups excluding carboxylic acids is 2. The molecule has 34 heavy (non-hydrogen) atoms. The second-order valence-corrected chi connectivity index (χ2v) is 11.9. The van der Waals surface area contributed by atoms with Gasteiger partial charge in [0.2, 0.25) is 5.91 Å². The van der Waals surface area contributed by atoms with E-state index in [9.17, 15) is 14.7 Å². The van der Waals surface area contributed by atoms with Gasteiger partial charge in [0.1, 0.15) is 5.78 Å². The zero-order valence-electron chi connectivity index (χ0n) is 20.2. The van der Waals surface area contributed by atoms with E-state index in [1.54, 1.807) is 13.3 Å². The number of phenolic OH excluding ortho intramolecular Hbond substituents is 1. The van der Waals surface area contributed by atoms with E-state index in [1.165, 1.54) is 22.5 Å². The number of nitrogens with one attached hydrogen (secondary N) is 1. The average molecular weight is 483 g/mol. The molecule has 0 saturated heterocycles. The van der Waals surface area contributed by atoms with Crippen LogP contribution < -0.4 is 10.1 Å². The molecule has 0 bridgehead atoms. The van der Waals surface area contributed by atoms with Gasteiger partial charge in [-0.05, 0) is 92.4 Å². The molecular weight excluding hydrogens is 448 g/mol. The van der Waals surface area contributed by atoms with Gasteiger partial charge < -0.3 is 15.2 Å². The van der Waals surface area contributed by atoms with Crippen LogP contribution in [-0.4, -0.2) is 28.9 Å². The Hall–Kier alpha value is -2.41. The Kier molecular flexibility index (Phi) is 6.17. The fraction of sp³-hybridized carbons (Fsp3) is 0.593. The molecule has 0 spiro atoms. The number of ketones is 1. The molecule has 182 valence electrons. The third-order valence-electron chi connectivity index (χ3n) is 8.71. The van der Waals surface area contributed by atoms with Crippen LogP contribution in [0.25, 0.3) is 0 Å². The number of ether oxygens (including phenoxy) is 1. The van der Waals surface area contributed by atoms with Gasteiger partial charge in [0, 0.05) is 29.3 Å². The monoisotopic (exact) mass is 482 g/mol. The van der Waals surface area contributed by atoms with Gasteiger partial charge in [0.25, 0.3) is 0 Å². The molecule has 2 N–H and O–H groups in total. The topological polar surface area (TPSA) is 88.5 Å². The van der Waals surface area contributed by atoms with Gasteiger partial charge >= 0.3 is 0 Å². The zero-order chi connectivity index (χ0) is 24.0. The second-order valence-electron chi connectivity index (χ2n) is 10.6. The first-order valence-electron chi connectivity index (χ1n) is 12.5. The van der Waals surface area contributed by atoms with E-state index in [2.05, 4.69) is 17.2 Å². The van der Waals surface area contributed by atoms with E-state index in [1.807, 2.05) is 19.1 Å². The number of aromatic hydroxyl groups is 1. The van der Waals surface area contributed by atoms with Crippen LogP contribution in [0.5, 0.6) is 11.5 Å². The van der Waals surface area contributed by atoms with Crippen molar-refractivity contribution < 1.29 is 19.4 Å². The van der Waals surface area contributed by atoms with Crippen LogP contribution in [0, 0.1) is 30.1 Å². The minimum atomic E-state index is -0.245. The number of thiazole rings is 1. The first-order chi connectivity index (χ1) is 16.3. The van der Waals surface area contributed by atoms with Crippen LogP contribution in [0.4, 0.5) is 5.13 Å². The number of fused-ring (bicyclic) bond motifs is 5. The van der Waals surface area contributed by atoms with Gasteiger partial charge in [-0.15, -0.1) is 11.3 Å². The Bertz CT molecular complexity index is 1110. The average Bonchev–Trinajstić information content (AvgIpc) is 3.32. The van der Waals surface area contributed by atoms with Crippen molar-refractivity contribution >= 4 is 28.2 Å². The van der Waals surface area contributed by atoms with Crippen molar-refractivity contribution in [3.05, 3.63) is 34.3 Å². The van der Waals surface area contributed by atoms with E-state index in [0.717, 1.165) is 43.4 Å². The van der Waals surface area contributed by atoms with Gasteiger partial charge in [-0.2, -0.15) is 0 Å². The highest BCUT2D eigenvalue weighted by Crippen LogP contribution is 2.62. The minimum Gasteiger partial charge on any atom is -0.504 e. The second kappa shape index (κ2) is 8.99. The van der Waals surface area contributed by atoms with Gasteiger partial charge in [-0.25, -0.2) is 4.98 Å². The summed E-state index contributed by atoms with van der Waals surface area (Å²) < 4.78 is 5.41. The smallest absolute Gasteiger partial charge is 0.226 e. The molecular formula is C27H34N2O4S. The predicted molar refractivity (Wildman–Crippen MR) is 132 cm³/mol. The van der Waals surface area contributed by atoms with E-state index in [-0.39, 0.29) is 17.1 Å². The minimum absolute atomic E-state index is 0.00134. The predicted octanol–water partition coefficient (Wildman–Crippen LogP) is 5.63. The molecule has 0 aliphatic heterocycles. The summed E-state index contributed by atoms with van der Waals surface area (Å²) in [6.07, 6.45) is 8.47. The number of Topliss-reactive ketones (excluding diaryl/α,β-unsaturated/α-hetero) is 1. The van der Waals surface area contributed by atoms with Gasteiger partial charge in [-0.1, -0.05) is 6.92 Å². The summed E-state index contributed by atoms with van der Waals surface area (Å²) in [5.41, 5.74) is 2.27. The molecule has 5 rings (SSSR count). The molecule has 1 aromatic carbocycles. The molecule has 2 aromatic rings. The summed E-state index contributed by atoms with van der Waals surface area (Å²) in [5.74, 6) is 2.72. The highest BCUT2D eigenvalue weighted by atomic mass is 32.1. The number of amides is 1. The quantitative estimate of drug-likeness (QED) is 0.557. The number of benzene rings is 1. The Balaban J connectivity index is 1.30. The van der Waals surface area contributed by atoms with Crippen LogP contribution in [0.15, 0.2) is 18.3 Å². The van der Waals surface area contributed by atoms with Crippen LogP contribution in [0.3, 0.4) is 0 Å². The molecule has 0 radical (unpaired) electrons. The maximum Gasteiger partial charge on any atom is 0.226 e. The number of aromatic nitrogens is 1. The molecule has 3 aliphatic rings. The summed E-state index contributed by atoms with van der Waals surface area (Å²) in [7, 11) is 1.59. The lowest BCUT2D eigenvalue weighted by molar-refractivity contribution is -0.129. The maximum absolute atomic E-state index is 13.2. The number of methoxy groups -OCH3 is 1. The number of hydrogen-bond donors (Lipinski definition) is 2. The largest absolute Gasteiger partial charge is 0.504 e. The molecule has 5 atom stereocenters. The molecule has 2 fully saturated rings. The Morgan fingerprint density at radius 2 is 2.18 bits per heavy atom. The van der Waals surface area contributed by atoms with Crippen molar-refractivity contribution in [3.8, 4) is 11.5 Å². The SMILES string of the molecule is COc1cc2c(cc1O)CC[C@@H]1[C@@H]2CC[C@]2(C)C(=O)CC(CCCC(=O)Nc3ncc(C)s3)[C@@H]12. The Morgan fingerprint density at radius 1 is 1.35 bits per heavy atom. The molecule has 6 nitrogen and oxygen atoms in total. The van der Waals surface area contributed by atoms with Crippen LogP contribution >= 0.6 is 11.3 Å². The number of hydrogen-bond acceptors (Lipinski definition) is 6. The highest BCUT2D eigenvalue weighted by Gasteiger charge is 2.58. The normalized spacial score (nSPS) is 29.8. The van der Waals surface area contributed by atoms with Crippen molar-refractivity contribution in [2.45, 2.75) is 71.1 Å². The third-order valence-corrected chi connectivity index (χ3v) is 9.54. The van der Waals surface area contributed by atoms with Crippen molar-refractivity contribution in [1.82, 2.24) is 4.98 Å². The number of nitrogens with zero attached hydrogens (tertiary/aromatic N) is 1. The molecule has 3 aliphatic carbocycles. The number of rotatable bonds is 6. The summed E-state index contributed by atoms with van der Waals surface area (Å²) in [5, 5.41) is 13.8. The van der Waals surface area contributed by atoms with E-state index < -0.39 is 0 Å². The van der Waals surface area contributed by atoms with Crippen LogP contribution in [0.2, 0.25) is 0 Å². The lowest BCUT2D eigenvalue weighted by Gasteiger charge is -2.50. The molecule has 1 heterocycles. The fourth-order valence-corrected chi connectivity index (χ4v) is 7.88. The summed E-state index contributed by atoms with van der Waals surface area (Å²) in [4.78, 5) is 30.9. The Labute approximate surface area is 205 Å². The molecule has 7 heteroatoms. The highest BCUT2D eigenvalue weighted by molar-refractivity contribution is 7.15. The number of carbonyl (C=O) groups is 2. The van der Waals surface area contributed by atoms with Gasteiger partial charge in [0.15, 0.2) is 16.6 Å². The van der Waals surface area contributed by atoms with Crippen molar-refractivity contribution in [2.75, 3.05) is 12.4 Å². The maximum atomic E-state index is 13.2. The van der Waals surface area contributed by atoms with Crippen molar-refractivity contribution in [2.24, 2.45) is 23.2 Å². The van der Waals surface area contributed by atoms with E-state index in [4.69, 9.17) is 4.74 Å². The molecule has 1 aromatic heterocycles. The first kappa shape index (κ1) is 23.3. The van der Waals surface area contributed by atoms with Crippen LogP contribution in [-0.2, 0) is 16.0 Å². The van der Waals surface area contributed by atoms with Crippen molar-refractivity contribution in [1.29, 1.82) is 0 Å². The number of aryl methyl sites for hydroxylation is 2. The van der Waals surface area contributed by atoms with Gasteiger partial charge in [-0.3, -0.25) is 9.59 Å². The molecule has 2 saturated carbocycles. The number of phenols is 1. The zero-order valence-corrected chi connectivity index (χ0v) is 21.0. The summed E-state index contributed by atoms with van der Waals surface area (Å²) in [6, 6.07) is 3.90. The lowest BCUT2D eigenvalue weighted by Crippen LogP contribution is -2.44. The molecule has 1 amide bonds.